The second-order valence-electron chi connectivity index (χ2n) is 8.91. The second-order valence-corrected chi connectivity index (χ2v) is 14.5. The van der Waals surface area contributed by atoms with Gasteiger partial charge in [-0.1, -0.05) is 30.4 Å². The Morgan fingerprint density at radius 1 is 0.591 bits per heavy atom. The van der Waals surface area contributed by atoms with E-state index in [1.165, 1.54) is 18.2 Å². The zero-order valence-corrected chi connectivity index (χ0v) is 24.8. The van der Waals surface area contributed by atoms with Crippen LogP contribution in [-0.2, 0) is 40.5 Å². The molecule has 0 saturated heterocycles. The molecule has 20 heteroatoms. The molecule has 0 aliphatic heterocycles. The number of phenols is 1. The number of azo groups is 1. The number of anilines is 1. The molecule has 0 unspecified atom stereocenters. The molecule has 232 valence electrons. The van der Waals surface area contributed by atoms with E-state index in [1.807, 2.05) is 0 Å². The molecule has 0 heterocycles. The Morgan fingerprint density at radius 2 is 1.14 bits per heavy atom. The standard InChI is InChI=1S/C24H19N3O13S4/c25-16-5-3-13(20(11-16)42(32,33)34)1-2-14-4-6-17(12-21(14)43(35,36)37)26-27-23-19-8-7-18(41(29,30)31)9-15(19)10-22(24(23)28)44(38,39)40/h1-12,28H,25H2,(H,29,30,31)(H,32,33,34)(H,35,36,37)(H,38,39,40). The van der Waals surface area contributed by atoms with Gasteiger partial charge in [-0.05, 0) is 59.0 Å². The minimum atomic E-state index is -5.10. The second kappa shape index (κ2) is 11.3. The highest BCUT2D eigenvalue weighted by Gasteiger charge is 2.23. The Balaban J connectivity index is 1.85. The molecule has 0 saturated carbocycles. The molecule has 0 spiro atoms. The van der Waals surface area contributed by atoms with E-state index in [1.54, 1.807) is 0 Å². The summed E-state index contributed by atoms with van der Waals surface area (Å²) in [5.41, 5.74) is 4.45. The van der Waals surface area contributed by atoms with Gasteiger partial charge in [0.1, 0.15) is 20.4 Å². The number of phenolic OH excluding ortho intramolecular Hbond substituents is 1. The lowest BCUT2D eigenvalue weighted by molar-refractivity contribution is 0.444. The molecule has 0 fully saturated rings. The summed E-state index contributed by atoms with van der Waals surface area (Å²) in [4.78, 5) is -3.05. The summed E-state index contributed by atoms with van der Waals surface area (Å²) in [6, 6.07) is 10.2. The first-order valence-corrected chi connectivity index (χ1v) is 17.3. The smallest absolute Gasteiger partial charge is 0.298 e. The zero-order chi connectivity index (χ0) is 32.8. The number of nitrogens with zero attached hydrogens (tertiary/aromatic N) is 2. The first kappa shape index (κ1) is 32.6. The number of nitrogen functional groups attached to an aromatic ring is 1. The third-order valence-electron chi connectivity index (χ3n) is 5.90. The number of hydrogen-bond donors (Lipinski definition) is 6. The lowest BCUT2D eigenvalue weighted by Gasteiger charge is -2.10. The van der Waals surface area contributed by atoms with Crippen molar-refractivity contribution >= 4 is 80.5 Å². The van der Waals surface area contributed by atoms with E-state index < -0.39 is 71.5 Å². The molecular weight excluding hydrogens is 667 g/mol. The number of benzene rings is 4. The maximum Gasteiger partial charge on any atom is 0.298 e. The lowest BCUT2D eigenvalue weighted by Crippen LogP contribution is -2.02. The maximum absolute atomic E-state index is 12.2. The molecule has 0 aromatic heterocycles. The van der Waals surface area contributed by atoms with Crippen molar-refractivity contribution in [3.8, 4) is 5.75 Å². The monoisotopic (exact) mass is 685 g/mol. The largest absolute Gasteiger partial charge is 0.504 e. The van der Waals surface area contributed by atoms with Crippen molar-refractivity contribution < 1.29 is 57.0 Å². The molecular formula is C24H19N3O13S4. The summed E-state index contributed by atoms with van der Waals surface area (Å²) in [5, 5.41) is 17.8. The third-order valence-corrected chi connectivity index (χ3v) is 9.43. The molecule has 7 N–H and O–H groups in total. The van der Waals surface area contributed by atoms with Crippen molar-refractivity contribution in [2.75, 3.05) is 5.73 Å². The molecule has 0 aliphatic rings. The minimum Gasteiger partial charge on any atom is -0.504 e. The van der Waals surface area contributed by atoms with E-state index >= 15 is 0 Å². The average molecular weight is 686 g/mol. The molecule has 4 aromatic rings. The quantitative estimate of drug-likeness (QED) is 0.0667. The Kier molecular flexibility index (Phi) is 8.40. The van der Waals surface area contributed by atoms with Crippen molar-refractivity contribution in [1.29, 1.82) is 0 Å². The van der Waals surface area contributed by atoms with Crippen LogP contribution in [0.3, 0.4) is 0 Å². The van der Waals surface area contributed by atoms with Gasteiger partial charge in [-0.2, -0.15) is 38.8 Å². The molecule has 0 radical (unpaired) electrons. The highest BCUT2D eigenvalue weighted by atomic mass is 32.2. The van der Waals surface area contributed by atoms with Crippen molar-refractivity contribution in [1.82, 2.24) is 0 Å². The van der Waals surface area contributed by atoms with Gasteiger partial charge >= 0.3 is 0 Å². The number of fused-ring (bicyclic) bond motifs is 1. The van der Waals surface area contributed by atoms with Crippen LogP contribution in [0, 0.1) is 0 Å². The zero-order valence-electron chi connectivity index (χ0n) is 21.5. The molecule has 0 amide bonds. The Morgan fingerprint density at radius 3 is 1.68 bits per heavy atom. The van der Waals surface area contributed by atoms with E-state index in [0.717, 1.165) is 54.6 Å². The molecule has 4 aromatic carbocycles. The van der Waals surface area contributed by atoms with Crippen LogP contribution in [0.5, 0.6) is 5.75 Å². The fourth-order valence-electron chi connectivity index (χ4n) is 3.93. The minimum absolute atomic E-state index is 0.0166. The number of hydrogen-bond acceptors (Lipinski definition) is 12. The fourth-order valence-corrected chi connectivity index (χ4v) is 6.49. The van der Waals surface area contributed by atoms with Gasteiger partial charge in [0, 0.05) is 11.1 Å². The van der Waals surface area contributed by atoms with Crippen molar-refractivity contribution in [2.45, 2.75) is 19.6 Å². The van der Waals surface area contributed by atoms with Crippen LogP contribution < -0.4 is 5.73 Å². The summed E-state index contributed by atoms with van der Waals surface area (Å²) in [7, 11) is -19.5. The highest BCUT2D eigenvalue weighted by molar-refractivity contribution is 7.86. The van der Waals surface area contributed by atoms with Gasteiger partial charge in [0.25, 0.3) is 40.5 Å². The van der Waals surface area contributed by atoms with Crippen LogP contribution in [0.1, 0.15) is 11.1 Å². The number of aromatic hydroxyl groups is 1. The first-order chi connectivity index (χ1) is 20.2. The van der Waals surface area contributed by atoms with Gasteiger partial charge in [0.05, 0.1) is 10.6 Å². The van der Waals surface area contributed by atoms with Gasteiger partial charge < -0.3 is 10.8 Å². The summed E-state index contributed by atoms with van der Waals surface area (Å²) >= 11 is 0. The van der Waals surface area contributed by atoms with Crippen LogP contribution in [-0.4, -0.2) is 57.0 Å². The van der Waals surface area contributed by atoms with E-state index in [0.29, 0.717) is 0 Å². The predicted octanol–water partition coefficient (Wildman–Crippen LogP) is 3.70. The summed E-state index contributed by atoms with van der Waals surface area (Å²) in [6.45, 7) is 0. The van der Waals surface area contributed by atoms with Crippen LogP contribution >= 0.6 is 0 Å². The first-order valence-electron chi connectivity index (χ1n) is 11.5. The lowest BCUT2D eigenvalue weighted by atomic mass is 10.1. The van der Waals surface area contributed by atoms with Crippen molar-refractivity contribution in [3.63, 3.8) is 0 Å². The third kappa shape index (κ3) is 7.09. The maximum atomic E-state index is 12.2. The van der Waals surface area contributed by atoms with Crippen molar-refractivity contribution in [2.24, 2.45) is 10.2 Å². The Labute approximate surface area is 249 Å². The molecule has 16 nitrogen and oxygen atoms in total. The van der Waals surface area contributed by atoms with Crippen LogP contribution in [0.4, 0.5) is 17.1 Å². The molecule has 4 rings (SSSR count). The van der Waals surface area contributed by atoms with E-state index in [9.17, 15) is 57.0 Å². The Hall–Kier alpha value is -4.28. The summed E-state index contributed by atoms with van der Waals surface area (Å²) in [5.74, 6) is -1.10. The van der Waals surface area contributed by atoms with Crippen LogP contribution in [0.2, 0.25) is 0 Å². The molecule has 44 heavy (non-hydrogen) atoms. The molecule has 0 bridgehead atoms. The van der Waals surface area contributed by atoms with Crippen LogP contribution in [0.25, 0.3) is 22.9 Å². The molecule has 0 aliphatic carbocycles. The summed E-state index contributed by atoms with van der Waals surface area (Å²) in [6.07, 6.45) is 2.23. The topological polar surface area (TPSA) is 288 Å². The van der Waals surface area contributed by atoms with Crippen LogP contribution in [0.15, 0.2) is 90.5 Å². The summed E-state index contributed by atoms with van der Waals surface area (Å²) < 4.78 is 133. The van der Waals surface area contributed by atoms with E-state index in [-0.39, 0.29) is 33.3 Å². The molecule has 0 atom stereocenters. The predicted molar refractivity (Wildman–Crippen MR) is 155 cm³/mol. The normalized spacial score (nSPS) is 13.3. The number of rotatable bonds is 8. The number of nitrogens with two attached hydrogens (primary N) is 1. The van der Waals surface area contributed by atoms with E-state index in [4.69, 9.17) is 5.73 Å². The van der Waals surface area contributed by atoms with E-state index in [2.05, 4.69) is 10.2 Å². The highest BCUT2D eigenvalue weighted by Crippen LogP contribution is 2.42. The van der Waals surface area contributed by atoms with Gasteiger partial charge in [-0.15, -0.1) is 5.11 Å². The Bertz CT molecular complexity index is 2350. The van der Waals surface area contributed by atoms with Gasteiger partial charge in [-0.25, -0.2) is 0 Å². The van der Waals surface area contributed by atoms with Gasteiger partial charge in [-0.3, -0.25) is 18.2 Å². The fraction of sp³-hybridized carbons (Fsp3) is 0. The van der Waals surface area contributed by atoms with Gasteiger partial charge in [0.15, 0.2) is 5.75 Å². The van der Waals surface area contributed by atoms with Crippen molar-refractivity contribution in [3.05, 3.63) is 71.8 Å². The SMILES string of the molecule is Nc1ccc(C=Cc2ccc(N=Nc3c(O)c(S(=O)(=O)O)cc4cc(S(=O)(=O)O)ccc34)cc2S(=O)(=O)O)c(S(=O)(=O)O)c1. The van der Waals surface area contributed by atoms with Gasteiger partial charge in [0.2, 0.25) is 0 Å². The average Bonchev–Trinajstić information content (AvgIpc) is 2.89.